The second kappa shape index (κ2) is 4.87. The van der Waals surface area contributed by atoms with Gasteiger partial charge in [-0.3, -0.25) is 0 Å². The third kappa shape index (κ3) is 2.66. The van der Waals surface area contributed by atoms with E-state index in [0.717, 1.165) is 0 Å². The van der Waals surface area contributed by atoms with Crippen molar-refractivity contribution in [2.45, 2.75) is 24.5 Å². The monoisotopic (exact) mass is 262 g/mol. The SMILES string of the molecule is OC(CC1(c2ccccc2)OCCO1)C(F)(F)F. The molecular formula is C12H13F3O3. The number of hydrogen-bond donors (Lipinski definition) is 1. The van der Waals surface area contributed by atoms with Crippen molar-refractivity contribution in [2.75, 3.05) is 13.2 Å². The average molecular weight is 262 g/mol. The van der Waals surface area contributed by atoms with Crippen molar-refractivity contribution in [3.05, 3.63) is 35.9 Å². The molecule has 1 aromatic carbocycles. The number of hydrogen-bond acceptors (Lipinski definition) is 3. The Morgan fingerprint density at radius 1 is 1.17 bits per heavy atom. The highest BCUT2D eigenvalue weighted by atomic mass is 19.4. The molecular weight excluding hydrogens is 249 g/mol. The highest BCUT2D eigenvalue weighted by molar-refractivity contribution is 5.21. The average Bonchev–Trinajstić information content (AvgIpc) is 2.79. The minimum absolute atomic E-state index is 0.208. The van der Waals surface area contributed by atoms with Crippen molar-refractivity contribution in [3.8, 4) is 0 Å². The molecule has 0 bridgehead atoms. The summed E-state index contributed by atoms with van der Waals surface area (Å²) in [4.78, 5) is 0. The van der Waals surface area contributed by atoms with E-state index in [1.165, 1.54) is 0 Å². The van der Waals surface area contributed by atoms with E-state index in [4.69, 9.17) is 9.47 Å². The maximum Gasteiger partial charge on any atom is 0.414 e. The van der Waals surface area contributed by atoms with Crippen LogP contribution < -0.4 is 0 Å². The van der Waals surface area contributed by atoms with Crippen LogP contribution in [0.5, 0.6) is 0 Å². The number of alkyl halides is 3. The second-order valence-corrected chi connectivity index (χ2v) is 4.08. The van der Waals surface area contributed by atoms with Crippen LogP contribution in [-0.2, 0) is 15.3 Å². The smallest absolute Gasteiger partial charge is 0.383 e. The fourth-order valence-corrected chi connectivity index (χ4v) is 1.92. The summed E-state index contributed by atoms with van der Waals surface area (Å²) in [5.41, 5.74) is 0.478. The van der Waals surface area contributed by atoms with E-state index in [9.17, 15) is 18.3 Å². The quantitative estimate of drug-likeness (QED) is 0.907. The summed E-state index contributed by atoms with van der Waals surface area (Å²) in [6.07, 6.45) is -7.83. The fourth-order valence-electron chi connectivity index (χ4n) is 1.92. The molecule has 0 spiro atoms. The Labute approximate surface area is 102 Å². The van der Waals surface area contributed by atoms with E-state index < -0.39 is 24.5 Å². The first kappa shape index (κ1) is 13.3. The zero-order valence-electron chi connectivity index (χ0n) is 9.48. The zero-order valence-corrected chi connectivity index (χ0v) is 9.48. The summed E-state index contributed by atoms with van der Waals surface area (Å²) >= 11 is 0. The van der Waals surface area contributed by atoms with E-state index in [1.807, 2.05) is 0 Å². The Morgan fingerprint density at radius 2 is 1.72 bits per heavy atom. The summed E-state index contributed by atoms with van der Waals surface area (Å²) in [5, 5.41) is 9.19. The van der Waals surface area contributed by atoms with Crippen molar-refractivity contribution in [3.63, 3.8) is 0 Å². The van der Waals surface area contributed by atoms with E-state index >= 15 is 0 Å². The molecule has 1 aromatic rings. The van der Waals surface area contributed by atoms with E-state index in [0.29, 0.717) is 5.56 Å². The standard InChI is InChI=1S/C12H13F3O3/c13-12(14,15)10(16)8-11(17-6-7-18-11)9-4-2-1-3-5-9/h1-5,10,16H,6-8H2. The predicted octanol–water partition coefficient (Wildman–Crippen LogP) is 2.20. The second-order valence-electron chi connectivity index (χ2n) is 4.08. The molecule has 0 radical (unpaired) electrons. The molecule has 1 N–H and O–H groups in total. The van der Waals surface area contributed by atoms with Crippen molar-refractivity contribution >= 4 is 0 Å². The molecule has 1 aliphatic heterocycles. The molecule has 1 aliphatic rings. The summed E-state index contributed by atoms with van der Waals surface area (Å²) in [6.45, 7) is 0.416. The summed E-state index contributed by atoms with van der Waals surface area (Å²) in [5.74, 6) is -1.50. The van der Waals surface area contributed by atoms with Gasteiger partial charge >= 0.3 is 6.18 Å². The van der Waals surface area contributed by atoms with Gasteiger partial charge in [0.1, 0.15) is 0 Å². The van der Waals surface area contributed by atoms with Crippen molar-refractivity contribution in [2.24, 2.45) is 0 Å². The zero-order chi connectivity index (χ0) is 13.2. The molecule has 0 aromatic heterocycles. The lowest BCUT2D eigenvalue weighted by Gasteiger charge is -2.30. The predicted molar refractivity (Wildman–Crippen MR) is 56.7 cm³/mol. The topological polar surface area (TPSA) is 38.7 Å². The van der Waals surface area contributed by atoms with Crippen molar-refractivity contribution < 1.29 is 27.8 Å². The number of aliphatic hydroxyl groups excluding tert-OH is 1. The van der Waals surface area contributed by atoms with Crippen molar-refractivity contribution in [1.82, 2.24) is 0 Å². The molecule has 1 unspecified atom stereocenters. The minimum atomic E-state index is -4.68. The summed E-state index contributed by atoms with van der Waals surface area (Å²) in [7, 11) is 0. The lowest BCUT2D eigenvalue weighted by molar-refractivity contribution is -0.251. The van der Waals surface area contributed by atoms with Gasteiger partial charge in [0.25, 0.3) is 0 Å². The number of rotatable bonds is 3. The number of halogens is 3. The molecule has 1 heterocycles. The first-order valence-electron chi connectivity index (χ1n) is 5.52. The van der Waals surface area contributed by atoms with E-state index in [2.05, 4.69) is 0 Å². The van der Waals surface area contributed by atoms with Crippen molar-refractivity contribution in [1.29, 1.82) is 0 Å². The highest BCUT2D eigenvalue weighted by Crippen LogP contribution is 2.39. The maximum absolute atomic E-state index is 12.4. The van der Waals surface area contributed by atoms with Gasteiger partial charge in [-0.25, -0.2) is 0 Å². The molecule has 100 valence electrons. The summed E-state index contributed by atoms with van der Waals surface area (Å²) in [6, 6.07) is 8.35. The number of ether oxygens (including phenoxy) is 2. The van der Waals surface area contributed by atoms with Crippen LogP contribution in [0.3, 0.4) is 0 Å². The lowest BCUT2D eigenvalue weighted by atomic mass is 9.99. The van der Waals surface area contributed by atoms with Crippen LogP contribution in [0.1, 0.15) is 12.0 Å². The molecule has 0 aliphatic carbocycles. The fraction of sp³-hybridized carbons (Fsp3) is 0.500. The Kier molecular flexibility index (Phi) is 3.61. The van der Waals surface area contributed by atoms with Gasteiger partial charge in [0, 0.05) is 12.0 Å². The maximum atomic E-state index is 12.4. The Bertz CT molecular complexity index is 385. The van der Waals surface area contributed by atoms with Gasteiger partial charge in [-0.2, -0.15) is 13.2 Å². The molecule has 0 amide bonds. The normalized spacial score (nSPS) is 20.9. The molecule has 1 saturated heterocycles. The first-order valence-corrected chi connectivity index (χ1v) is 5.52. The Balaban J connectivity index is 2.23. The Hall–Kier alpha value is -1.11. The number of aliphatic hydroxyl groups is 1. The minimum Gasteiger partial charge on any atom is -0.383 e. The van der Waals surface area contributed by atoms with Crippen LogP contribution in [0.15, 0.2) is 30.3 Å². The molecule has 3 nitrogen and oxygen atoms in total. The van der Waals surface area contributed by atoms with Gasteiger partial charge in [0.15, 0.2) is 11.9 Å². The van der Waals surface area contributed by atoms with Crippen LogP contribution in [0.4, 0.5) is 13.2 Å². The van der Waals surface area contributed by atoms with Gasteiger partial charge in [-0.1, -0.05) is 30.3 Å². The van der Waals surface area contributed by atoms with Crippen LogP contribution >= 0.6 is 0 Å². The highest BCUT2D eigenvalue weighted by Gasteiger charge is 2.48. The summed E-state index contributed by atoms with van der Waals surface area (Å²) < 4.78 is 47.9. The van der Waals surface area contributed by atoms with Gasteiger partial charge in [-0.15, -0.1) is 0 Å². The molecule has 1 atom stereocenters. The van der Waals surface area contributed by atoms with Crippen LogP contribution in [-0.4, -0.2) is 30.6 Å². The lowest BCUT2D eigenvalue weighted by Crippen LogP contribution is -2.39. The molecule has 6 heteroatoms. The van der Waals surface area contributed by atoms with Gasteiger partial charge in [0.2, 0.25) is 0 Å². The van der Waals surface area contributed by atoms with Gasteiger partial charge in [0.05, 0.1) is 13.2 Å². The van der Waals surface area contributed by atoms with E-state index in [-0.39, 0.29) is 13.2 Å². The van der Waals surface area contributed by atoms with Gasteiger partial charge < -0.3 is 14.6 Å². The van der Waals surface area contributed by atoms with Crippen LogP contribution in [0.25, 0.3) is 0 Å². The molecule has 2 rings (SSSR count). The third-order valence-electron chi connectivity index (χ3n) is 2.81. The molecule has 1 fully saturated rings. The number of benzene rings is 1. The van der Waals surface area contributed by atoms with Gasteiger partial charge in [-0.05, 0) is 0 Å². The third-order valence-corrected chi connectivity index (χ3v) is 2.81. The van der Waals surface area contributed by atoms with E-state index in [1.54, 1.807) is 30.3 Å². The molecule has 18 heavy (non-hydrogen) atoms. The van der Waals surface area contributed by atoms with Crippen LogP contribution in [0.2, 0.25) is 0 Å². The molecule has 0 saturated carbocycles. The van der Waals surface area contributed by atoms with Crippen LogP contribution in [0, 0.1) is 0 Å². The first-order chi connectivity index (χ1) is 8.44. The largest absolute Gasteiger partial charge is 0.414 e. The Morgan fingerprint density at radius 3 is 2.22 bits per heavy atom.